The molecule has 2 N–H and O–H groups in total. The van der Waals surface area contributed by atoms with Gasteiger partial charge in [-0.2, -0.15) is 0 Å². The number of hydrogen-bond donors (Lipinski definition) is 2. The molecule has 25 heavy (non-hydrogen) atoms. The summed E-state index contributed by atoms with van der Waals surface area (Å²) in [5.41, 5.74) is 2.95. The van der Waals surface area contributed by atoms with E-state index in [2.05, 4.69) is 17.6 Å². The van der Waals surface area contributed by atoms with Crippen molar-refractivity contribution in [2.75, 3.05) is 25.5 Å². The maximum absolute atomic E-state index is 12.3. The van der Waals surface area contributed by atoms with Crippen LogP contribution in [0.5, 0.6) is 0 Å². The van der Waals surface area contributed by atoms with Crippen molar-refractivity contribution in [3.63, 3.8) is 0 Å². The van der Waals surface area contributed by atoms with E-state index in [0.717, 1.165) is 23.2 Å². The van der Waals surface area contributed by atoms with Crippen LogP contribution in [0.2, 0.25) is 0 Å². The molecule has 1 aromatic rings. The van der Waals surface area contributed by atoms with E-state index >= 15 is 0 Å². The monoisotopic (exact) mass is 345 g/mol. The van der Waals surface area contributed by atoms with Gasteiger partial charge in [0.25, 0.3) is 0 Å². The Morgan fingerprint density at radius 3 is 2.32 bits per heavy atom. The number of likely N-dealkylation sites (N-methyl/N-ethyl adjacent to an activating group) is 1. The van der Waals surface area contributed by atoms with Gasteiger partial charge in [0.2, 0.25) is 11.8 Å². The van der Waals surface area contributed by atoms with Crippen molar-refractivity contribution in [2.45, 2.75) is 52.5 Å². The van der Waals surface area contributed by atoms with E-state index in [4.69, 9.17) is 0 Å². The van der Waals surface area contributed by atoms with Gasteiger partial charge in [0, 0.05) is 11.7 Å². The van der Waals surface area contributed by atoms with Crippen LogP contribution in [0.25, 0.3) is 0 Å². The van der Waals surface area contributed by atoms with Gasteiger partial charge >= 0.3 is 0 Å². The maximum Gasteiger partial charge on any atom is 0.238 e. The second-order valence-electron chi connectivity index (χ2n) is 7.42. The lowest BCUT2D eigenvalue weighted by Gasteiger charge is -2.30. The molecule has 0 spiro atoms. The molecule has 138 valence electrons. The summed E-state index contributed by atoms with van der Waals surface area (Å²) >= 11 is 0. The third-order valence-electron chi connectivity index (χ3n) is 5.03. The fraction of sp³-hybridized carbons (Fsp3) is 0.600. The Morgan fingerprint density at radius 1 is 1.08 bits per heavy atom. The van der Waals surface area contributed by atoms with E-state index in [1.165, 1.54) is 19.3 Å². The number of nitrogens with zero attached hydrogens (tertiary/aromatic N) is 1. The molecule has 5 heteroatoms. The molecule has 1 saturated carbocycles. The van der Waals surface area contributed by atoms with Crippen LogP contribution >= 0.6 is 0 Å². The Hall–Kier alpha value is -1.88. The molecule has 1 fully saturated rings. The molecule has 2 amide bonds. The Balaban J connectivity index is 1.80. The van der Waals surface area contributed by atoms with Crippen molar-refractivity contribution in [1.29, 1.82) is 0 Å². The number of nitrogens with one attached hydrogen (secondary N) is 2. The third kappa shape index (κ3) is 5.85. The quantitative estimate of drug-likeness (QED) is 0.833. The van der Waals surface area contributed by atoms with Crippen LogP contribution in [-0.2, 0) is 9.59 Å². The first-order valence-corrected chi connectivity index (χ1v) is 9.20. The fourth-order valence-corrected chi connectivity index (χ4v) is 3.52. The average Bonchev–Trinajstić information content (AvgIpc) is 2.53. The van der Waals surface area contributed by atoms with E-state index in [-0.39, 0.29) is 30.9 Å². The largest absolute Gasteiger partial charge is 0.352 e. The van der Waals surface area contributed by atoms with Crippen LogP contribution in [0.4, 0.5) is 5.69 Å². The standard InChI is InChI=1S/C20H31N3O2/c1-14-8-5-6-11-17(14)21-18(24)12-23(4)13-19(25)22-20-15(2)9-7-10-16(20)3/h7,9-10,14,17H,5-6,8,11-13H2,1-4H3,(H,21,24)(H,22,25)/t14-,17+/m0/s1. The highest BCUT2D eigenvalue weighted by molar-refractivity contribution is 5.94. The molecule has 5 nitrogen and oxygen atoms in total. The molecule has 0 heterocycles. The third-order valence-corrected chi connectivity index (χ3v) is 5.03. The average molecular weight is 345 g/mol. The van der Waals surface area contributed by atoms with Crippen molar-refractivity contribution >= 4 is 17.5 Å². The molecule has 0 aromatic heterocycles. The van der Waals surface area contributed by atoms with Gasteiger partial charge in [0.05, 0.1) is 13.1 Å². The summed E-state index contributed by atoms with van der Waals surface area (Å²) in [6.07, 6.45) is 4.68. The molecule has 0 saturated heterocycles. The summed E-state index contributed by atoms with van der Waals surface area (Å²) in [5, 5.41) is 6.09. The number of rotatable bonds is 6. The Labute approximate surface area is 151 Å². The molecule has 0 radical (unpaired) electrons. The lowest BCUT2D eigenvalue weighted by molar-refractivity contribution is -0.124. The molecular weight excluding hydrogens is 314 g/mol. The van der Waals surface area contributed by atoms with Crippen molar-refractivity contribution < 1.29 is 9.59 Å². The van der Waals surface area contributed by atoms with Crippen LogP contribution in [0.3, 0.4) is 0 Å². The van der Waals surface area contributed by atoms with Gasteiger partial charge in [-0.1, -0.05) is 38.0 Å². The summed E-state index contributed by atoms with van der Waals surface area (Å²) < 4.78 is 0. The number of aryl methyl sites for hydroxylation is 2. The second kappa shape index (κ2) is 8.99. The minimum atomic E-state index is -0.0984. The van der Waals surface area contributed by atoms with Crippen LogP contribution in [-0.4, -0.2) is 42.9 Å². The molecule has 2 atom stereocenters. The van der Waals surface area contributed by atoms with Crippen molar-refractivity contribution in [3.05, 3.63) is 29.3 Å². The van der Waals surface area contributed by atoms with Gasteiger partial charge in [-0.25, -0.2) is 0 Å². The Kier molecular flexibility index (Phi) is 7.00. The zero-order valence-corrected chi connectivity index (χ0v) is 15.9. The molecule has 2 rings (SSSR count). The van der Waals surface area contributed by atoms with Gasteiger partial charge in [0.15, 0.2) is 0 Å². The number of benzene rings is 1. The van der Waals surface area contributed by atoms with Gasteiger partial charge in [-0.15, -0.1) is 0 Å². The summed E-state index contributed by atoms with van der Waals surface area (Å²) in [6, 6.07) is 6.21. The van der Waals surface area contributed by atoms with Gasteiger partial charge in [-0.05, 0) is 50.8 Å². The number of hydrogen-bond acceptors (Lipinski definition) is 3. The Morgan fingerprint density at radius 2 is 1.68 bits per heavy atom. The maximum atomic E-state index is 12.3. The highest BCUT2D eigenvalue weighted by Crippen LogP contribution is 2.23. The molecule has 0 bridgehead atoms. The summed E-state index contributed by atoms with van der Waals surface area (Å²) in [4.78, 5) is 26.3. The predicted octanol–water partition coefficient (Wildman–Crippen LogP) is 2.87. The first-order valence-electron chi connectivity index (χ1n) is 9.20. The number of anilines is 1. The van der Waals surface area contributed by atoms with Gasteiger partial charge in [-0.3, -0.25) is 14.5 Å². The molecule has 1 aromatic carbocycles. The zero-order chi connectivity index (χ0) is 18.4. The SMILES string of the molecule is Cc1cccc(C)c1NC(=O)CN(C)CC(=O)N[C@@H]1CCCC[C@@H]1C. The molecule has 1 aliphatic carbocycles. The molecule has 1 aliphatic rings. The van der Waals surface area contributed by atoms with E-state index in [1.54, 1.807) is 11.9 Å². The Bertz CT molecular complexity index is 595. The second-order valence-corrected chi connectivity index (χ2v) is 7.42. The zero-order valence-electron chi connectivity index (χ0n) is 15.9. The summed E-state index contributed by atoms with van der Waals surface area (Å²) in [6.45, 7) is 6.59. The van der Waals surface area contributed by atoms with Crippen LogP contribution in [0.1, 0.15) is 43.7 Å². The predicted molar refractivity (Wildman–Crippen MR) is 102 cm³/mol. The van der Waals surface area contributed by atoms with Crippen molar-refractivity contribution in [2.24, 2.45) is 5.92 Å². The van der Waals surface area contributed by atoms with Crippen LogP contribution < -0.4 is 10.6 Å². The minimum absolute atomic E-state index is 0.00104. The first-order chi connectivity index (χ1) is 11.9. The fourth-order valence-electron chi connectivity index (χ4n) is 3.52. The van der Waals surface area contributed by atoms with Crippen LogP contribution in [0, 0.1) is 19.8 Å². The summed E-state index contributed by atoms with van der Waals surface area (Å²) in [7, 11) is 1.80. The molecular formula is C20H31N3O2. The van der Waals surface area contributed by atoms with E-state index < -0.39 is 0 Å². The normalized spacial score (nSPS) is 20.4. The van der Waals surface area contributed by atoms with Crippen LogP contribution in [0.15, 0.2) is 18.2 Å². The van der Waals surface area contributed by atoms with Gasteiger partial charge in [0.1, 0.15) is 0 Å². The number of amides is 2. The number of carbonyl (C=O) groups is 2. The topological polar surface area (TPSA) is 61.4 Å². The molecule has 0 aliphatic heterocycles. The van der Waals surface area contributed by atoms with E-state index in [9.17, 15) is 9.59 Å². The van der Waals surface area contributed by atoms with Gasteiger partial charge < -0.3 is 10.6 Å². The lowest BCUT2D eigenvalue weighted by atomic mass is 9.86. The minimum Gasteiger partial charge on any atom is -0.352 e. The highest BCUT2D eigenvalue weighted by Gasteiger charge is 2.23. The number of carbonyl (C=O) groups excluding carboxylic acids is 2. The van der Waals surface area contributed by atoms with Crippen molar-refractivity contribution in [1.82, 2.24) is 10.2 Å². The smallest absolute Gasteiger partial charge is 0.238 e. The highest BCUT2D eigenvalue weighted by atomic mass is 16.2. The lowest BCUT2D eigenvalue weighted by Crippen LogP contribution is -2.46. The van der Waals surface area contributed by atoms with E-state index in [1.807, 2.05) is 32.0 Å². The first kappa shape index (κ1) is 19.4. The van der Waals surface area contributed by atoms with Crippen molar-refractivity contribution in [3.8, 4) is 0 Å². The summed E-state index contributed by atoms with van der Waals surface area (Å²) in [5.74, 6) is 0.440. The van der Waals surface area contributed by atoms with E-state index in [0.29, 0.717) is 5.92 Å². The number of para-hydroxylation sites is 1. The molecule has 0 unspecified atom stereocenters.